The maximum absolute atomic E-state index is 5.75. The Morgan fingerprint density at radius 2 is 1.08 bits per heavy atom. The Labute approximate surface area is 149 Å². The van der Waals surface area contributed by atoms with Crippen LogP contribution in [0.3, 0.4) is 0 Å². The van der Waals surface area contributed by atoms with Gasteiger partial charge in [-0.1, -0.05) is 0 Å². The molecule has 2 rings (SSSR count). The van der Waals surface area contributed by atoms with Crippen LogP contribution >= 0.6 is 0 Å². The predicted molar refractivity (Wildman–Crippen MR) is 99.7 cm³/mol. The number of ether oxygens (including phenoxy) is 2. The van der Waals surface area contributed by atoms with Crippen LogP contribution in [0.15, 0.2) is 0 Å². The normalized spacial score (nSPS) is 19.8. The number of nitrogens with zero attached hydrogens (tertiary/aromatic N) is 3. The molecule has 2 heterocycles. The fraction of sp³-hybridized carbons (Fsp3) is 1.00. The summed E-state index contributed by atoms with van der Waals surface area (Å²) in [6, 6.07) is 0. The molecule has 0 aromatic carbocycles. The van der Waals surface area contributed by atoms with Gasteiger partial charge in [0.1, 0.15) is 0 Å². The van der Waals surface area contributed by atoms with E-state index in [2.05, 4.69) is 21.7 Å². The lowest BCUT2D eigenvalue weighted by Gasteiger charge is -2.18. The molecule has 0 unspecified atom stereocenters. The molecule has 142 valence electrons. The van der Waals surface area contributed by atoms with Gasteiger partial charge in [-0.05, 0) is 71.8 Å². The predicted octanol–water partition coefficient (Wildman–Crippen LogP) is 1.92. The van der Waals surface area contributed by atoms with Gasteiger partial charge in [-0.25, -0.2) is 0 Å². The Hall–Kier alpha value is -0.200. The van der Waals surface area contributed by atoms with Gasteiger partial charge >= 0.3 is 0 Å². The standard InChI is InChI=1S/C19H39N3O2/c1-20(14-18-23-16-6-12-21-8-2-3-9-21)15-19-24-17-7-13-22-10-4-5-11-22/h2-19H2,1H3. The first-order chi connectivity index (χ1) is 11.8. The summed E-state index contributed by atoms with van der Waals surface area (Å²) in [5.74, 6) is 0. The minimum atomic E-state index is 0.839. The van der Waals surface area contributed by atoms with Crippen molar-refractivity contribution in [2.24, 2.45) is 0 Å². The van der Waals surface area contributed by atoms with Gasteiger partial charge < -0.3 is 24.2 Å². The summed E-state index contributed by atoms with van der Waals surface area (Å²) >= 11 is 0. The molecule has 5 heteroatoms. The lowest BCUT2D eigenvalue weighted by molar-refractivity contribution is 0.0782. The first-order valence-corrected chi connectivity index (χ1v) is 10.1. The Bertz CT molecular complexity index is 264. The lowest BCUT2D eigenvalue weighted by Crippen LogP contribution is -2.28. The van der Waals surface area contributed by atoms with E-state index >= 15 is 0 Å². The first kappa shape index (κ1) is 20.1. The van der Waals surface area contributed by atoms with E-state index in [-0.39, 0.29) is 0 Å². The van der Waals surface area contributed by atoms with Crippen LogP contribution in [-0.4, -0.2) is 101 Å². The lowest BCUT2D eigenvalue weighted by atomic mass is 10.4. The highest BCUT2D eigenvalue weighted by atomic mass is 16.5. The molecule has 0 N–H and O–H groups in total. The summed E-state index contributed by atoms with van der Waals surface area (Å²) in [6.45, 7) is 13.1. The molecule has 0 amide bonds. The zero-order valence-corrected chi connectivity index (χ0v) is 15.9. The summed E-state index contributed by atoms with van der Waals surface area (Å²) < 4.78 is 11.5. The SMILES string of the molecule is CN(CCOCCCN1CCCC1)CCOCCCN1CCCC1. The molecular weight excluding hydrogens is 302 g/mol. The highest BCUT2D eigenvalue weighted by molar-refractivity contribution is 4.66. The number of hydrogen-bond donors (Lipinski definition) is 0. The van der Waals surface area contributed by atoms with E-state index in [1.165, 1.54) is 77.8 Å². The van der Waals surface area contributed by atoms with E-state index in [1.807, 2.05) is 0 Å². The molecule has 0 spiro atoms. The summed E-state index contributed by atoms with van der Waals surface area (Å²) in [4.78, 5) is 7.41. The summed E-state index contributed by atoms with van der Waals surface area (Å²) in [6.07, 6.45) is 7.86. The van der Waals surface area contributed by atoms with Gasteiger partial charge in [0.2, 0.25) is 0 Å². The first-order valence-electron chi connectivity index (χ1n) is 10.1. The van der Waals surface area contributed by atoms with Gasteiger partial charge in [0.25, 0.3) is 0 Å². The topological polar surface area (TPSA) is 28.2 Å². The van der Waals surface area contributed by atoms with Crippen LogP contribution in [0.5, 0.6) is 0 Å². The van der Waals surface area contributed by atoms with Crippen molar-refractivity contribution >= 4 is 0 Å². The smallest absolute Gasteiger partial charge is 0.0593 e. The molecule has 5 nitrogen and oxygen atoms in total. The average molecular weight is 342 g/mol. The maximum Gasteiger partial charge on any atom is 0.0593 e. The van der Waals surface area contributed by atoms with E-state index in [0.29, 0.717) is 0 Å². The van der Waals surface area contributed by atoms with Gasteiger partial charge in [0.05, 0.1) is 13.2 Å². The van der Waals surface area contributed by atoms with E-state index in [4.69, 9.17) is 9.47 Å². The molecule has 0 aliphatic carbocycles. The zero-order valence-electron chi connectivity index (χ0n) is 15.9. The van der Waals surface area contributed by atoms with Crippen molar-refractivity contribution < 1.29 is 9.47 Å². The second kappa shape index (κ2) is 13.1. The minimum absolute atomic E-state index is 0.839. The van der Waals surface area contributed by atoms with E-state index in [9.17, 15) is 0 Å². The van der Waals surface area contributed by atoms with Crippen LogP contribution in [0.1, 0.15) is 38.5 Å². The fourth-order valence-corrected chi connectivity index (χ4v) is 3.55. The van der Waals surface area contributed by atoms with Crippen molar-refractivity contribution in [3.8, 4) is 0 Å². The molecule has 0 atom stereocenters. The monoisotopic (exact) mass is 341 g/mol. The van der Waals surface area contributed by atoms with Gasteiger partial charge in [-0.2, -0.15) is 0 Å². The van der Waals surface area contributed by atoms with Gasteiger partial charge in [0, 0.05) is 39.4 Å². The number of likely N-dealkylation sites (N-methyl/N-ethyl adjacent to an activating group) is 1. The van der Waals surface area contributed by atoms with Crippen molar-refractivity contribution in [1.82, 2.24) is 14.7 Å². The number of rotatable bonds is 14. The third kappa shape index (κ3) is 9.33. The molecule has 2 saturated heterocycles. The molecule has 0 bridgehead atoms. The summed E-state index contributed by atoms with van der Waals surface area (Å²) in [7, 11) is 2.15. The Morgan fingerprint density at radius 1 is 0.667 bits per heavy atom. The van der Waals surface area contributed by atoms with Crippen LogP contribution in [0.25, 0.3) is 0 Å². The van der Waals surface area contributed by atoms with Gasteiger partial charge in [0.15, 0.2) is 0 Å². The summed E-state index contributed by atoms with van der Waals surface area (Å²) in [5, 5.41) is 0. The van der Waals surface area contributed by atoms with Crippen LogP contribution in [-0.2, 0) is 9.47 Å². The largest absolute Gasteiger partial charge is 0.380 e. The molecule has 0 aromatic rings. The Morgan fingerprint density at radius 3 is 1.50 bits per heavy atom. The van der Waals surface area contributed by atoms with Crippen molar-refractivity contribution in [2.45, 2.75) is 38.5 Å². The second-order valence-electron chi connectivity index (χ2n) is 7.33. The average Bonchev–Trinajstić information content (AvgIpc) is 3.27. The van der Waals surface area contributed by atoms with Crippen molar-refractivity contribution in [1.29, 1.82) is 0 Å². The molecule has 2 aliphatic heterocycles. The highest BCUT2D eigenvalue weighted by Crippen LogP contribution is 2.08. The van der Waals surface area contributed by atoms with Crippen molar-refractivity contribution in [3.05, 3.63) is 0 Å². The molecule has 24 heavy (non-hydrogen) atoms. The molecule has 0 aromatic heterocycles. The van der Waals surface area contributed by atoms with E-state index in [1.54, 1.807) is 0 Å². The van der Waals surface area contributed by atoms with Crippen LogP contribution in [0.4, 0.5) is 0 Å². The zero-order chi connectivity index (χ0) is 16.9. The third-order valence-corrected chi connectivity index (χ3v) is 5.16. The van der Waals surface area contributed by atoms with E-state index < -0.39 is 0 Å². The fourth-order valence-electron chi connectivity index (χ4n) is 3.55. The highest BCUT2D eigenvalue weighted by Gasteiger charge is 2.11. The minimum Gasteiger partial charge on any atom is -0.380 e. The third-order valence-electron chi connectivity index (χ3n) is 5.16. The summed E-state index contributed by atoms with van der Waals surface area (Å²) in [5.41, 5.74) is 0. The Balaban J connectivity index is 1.29. The molecular formula is C19H39N3O2. The number of likely N-dealkylation sites (tertiary alicyclic amines) is 2. The van der Waals surface area contributed by atoms with E-state index in [0.717, 1.165) is 39.5 Å². The maximum atomic E-state index is 5.75. The van der Waals surface area contributed by atoms with Gasteiger partial charge in [-0.3, -0.25) is 0 Å². The quantitative estimate of drug-likeness (QED) is 0.450. The van der Waals surface area contributed by atoms with Crippen LogP contribution in [0, 0.1) is 0 Å². The van der Waals surface area contributed by atoms with Crippen molar-refractivity contribution in [3.63, 3.8) is 0 Å². The molecule has 0 saturated carbocycles. The van der Waals surface area contributed by atoms with Crippen LogP contribution < -0.4 is 0 Å². The van der Waals surface area contributed by atoms with Crippen molar-refractivity contribution in [2.75, 3.05) is 85.8 Å². The molecule has 0 radical (unpaired) electrons. The van der Waals surface area contributed by atoms with Crippen LogP contribution in [0.2, 0.25) is 0 Å². The van der Waals surface area contributed by atoms with Gasteiger partial charge in [-0.15, -0.1) is 0 Å². The molecule has 2 fully saturated rings. The number of hydrogen-bond acceptors (Lipinski definition) is 5. The second-order valence-corrected chi connectivity index (χ2v) is 7.33. The Kier molecular flexibility index (Phi) is 10.9. The molecule has 2 aliphatic rings.